The van der Waals surface area contributed by atoms with Gasteiger partial charge < -0.3 is 4.57 Å². The molecule has 0 amide bonds. The Morgan fingerprint density at radius 3 is 2.68 bits per heavy atom. The Balaban J connectivity index is 1.66. The lowest BCUT2D eigenvalue weighted by Gasteiger charge is -2.03. The van der Waals surface area contributed by atoms with Gasteiger partial charge in [0, 0.05) is 18.7 Å². The molecular formula is C14H14N4S. The fourth-order valence-electron chi connectivity index (χ4n) is 1.97. The molecule has 1 heterocycles. The zero-order chi connectivity index (χ0) is 13.2. The van der Waals surface area contributed by atoms with Gasteiger partial charge >= 0.3 is 0 Å². The Morgan fingerprint density at radius 1 is 1.32 bits per heavy atom. The van der Waals surface area contributed by atoms with Gasteiger partial charge in [0.25, 0.3) is 0 Å². The van der Waals surface area contributed by atoms with Crippen LogP contribution in [0.1, 0.15) is 35.7 Å². The summed E-state index contributed by atoms with van der Waals surface area (Å²) in [5.74, 6) is 2.59. The molecule has 0 atom stereocenters. The zero-order valence-corrected chi connectivity index (χ0v) is 11.5. The number of hydrogen-bond donors (Lipinski definition) is 0. The molecule has 1 aliphatic carbocycles. The highest BCUT2D eigenvalue weighted by Gasteiger charge is 2.29. The predicted molar refractivity (Wildman–Crippen MR) is 73.7 cm³/mol. The van der Waals surface area contributed by atoms with Crippen LogP contribution in [0, 0.1) is 11.3 Å². The van der Waals surface area contributed by atoms with E-state index in [-0.39, 0.29) is 0 Å². The lowest BCUT2D eigenvalue weighted by Crippen LogP contribution is -1.97. The average molecular weight is 270 g/mol. The van der Waals surface area contributed by atoms with Crippen LogP contribution in [0.5, 0.6) is 0 Å². The molecule has 3 rings (SSSR count). The fraction of sp³-hybridized carbons (Fsp3) is 0.357. The van der Waals surface area contributed by atoms with Crippen molar-refractivity contribution < 1.29 is 0 Å². The third-order valence-electron chi connectivity index (χ3n) is 3.26. The third-order valence-corrected chi connectivity index (χ3v) is 4.35. The molecule has 1 aliphatic rings. The zero-order valence-electron chi connectivity index (χ0n) is 10.7. The molecule has 2 aromatic rings. The van der Waals surface area contributed by atoms with E-state index in [0.29, 0.717) is 11.5 Å². The number of rotatable bonds is 4. The van der Waals surface area contributed by atoms with E-state index in [1.807, 2.05) is 31.3 Å². The van der Waals surface area contributed by atoms with Crippen molar-refractivity contribution in [1.29, 1.82) is 5.26 Å². The van der Waals surface area contributed by atoms with Gasteiger partial charge in [-0.25, -0.2) is 0 Å². The number of thioether (sulfide) groups is 1. The van der Waals surface area contributed by atoms with Crippen molar-refractivity contribution in [3.05, 3.63) is 41.2 Å². The first-order chi connectivity index (χ1) is 9.28. The second kappa shape index (κ2) is 5.06. The molecule has 4 nitrogen and oxygen atoms in total. The third kappa shape index (κ3) is 2.64. The summed E-state index contributed by atoms with van der Waals surface area (Å²) in [6, 6.07) is 9.80. The summed E-state index contributed by atoms with van der Waals surface area (Å²) < 4.78 is 2.10. The summed E-state index contributed by atoms with van der Waals surface area (Å²) in [5, 5.41) is 18.2. The van der Waals surface area contributed by atoms with Crippen LogP contribution in [0.15, 0.2) is 29.4 Å². The average Bonchev–Trinajstić information content (AvgIpc) is 3.22. The van der Waals surface area contributed by atoms with Gasteiger partial charge in [0.15, 0.2) is 5.16 Å². The largest absolute Gasteiger partial charge is 0.309 e. The fourth-order valence-corrected chi connectivity index (χ4v) is 2.85. The number of nitriles is 1. The Labute approximate surface area is 116 Å². The minimum Gasteiger partial charge on any atom is -0.309 e. The van der Waals surface area contributed by atoms with E-state index in [9.17, 15) is 0 Å². The van der Waals surface area contributed by atoms with Gasteiger partial charge in [0.05, 0.1) is 11.6 Å². The molecule has 19 heavy (non-hydrogen) atoms. The van der Waals surface area contributed by atoms with Crippen molar-refractivity contribution in [2.24, 2.45) is 7.05 Å². The molecule has 0 radical (unpaired) electrons. The van der Waals surface area contributed by atoms with Crippen LogP contribution in [-0.4, -0.2) is 14.8 Å². The van der Waals surface area contributed by atoms with Crippen molar-refractivity contribution in [3.8, 4) is 6.07 Å². The normalized spacial score (nSPS) is 14.3. The first-order valence-electron chi connectivity index (χ1n) is 6.29. The van der Waals surface area contributed by atoms with Gasteiger partial charge in [-0.1, -0.05) is 23.9 Å². The second-order valence-corrected chi connectivity index (χ2v) is 5.71. The molecule has 0 bridgehead atoms. The van der Waals surface area contributed by atoms with Gasteiger partial charge in [-0.05, 0) is 30.5 Å². The van der Waals surface area contributed by atoms with E-state index in [4.69, 9.17) is 5.26 Å². The minimum absolute atomic E-state index is 0.627. The van der Waals surface area contributed by atoms with Crippen LogP contribution in [0.3, 0.4) is 0 Å². The smallest absolute Gasteiger partial charge is 0.191 e. The molecule has 0 N–H and O–H groups in total. The maximum Gasteiger partial charge on any atom is 0.191 e. The highest BCUT2D eigenvalue weighted by molar-refractivity contribution is 7.98. The maximum absolute atomic E-state index is 8.76. The van der Waals surface area contributed by atoms with Gasteiger partial charge in [-0.3, -0.25) is 0 Å². The van der Waals surface area contributed by atoms with Crippen LogP contribution in [-0.2, 0) is 12.8 Å². The van der Waals surface area contributed by atoms with E-state index in [1.165, 1.54) is 18.4 Å². The first-order valence-corrected chi connectivity index (χ1v) is 7.27. The van der Waals surface area contributed by atoms with E-state index < -0.39 is 0 Å². The standard InChI is InChI=1S/C14H14N4S/c1-18-13(12-6-7-12)16-17-14(18)19-9-11-4-2-10(8-15)3-5-11/h2-5,12H,6-7,9H2,1H3. The number of nitrogens with zero attached hydrogens (tertiary/aromatic N) is 4. The number of benzene rings is 1. The number of aromatic nitrogens is 3. The molecule has 0 spiro atoms. The van der Waals surface area contributed by atoms with E-state index in [2.05, 4.69) is 20.8 Å². The molecule has 1 saturated carbocycles. The summed E-state index contributed by atoms with van der Waals surface area (Å²) in [5.41, 5.74) is 1.89. The maximum atomic E-state index is 8.76. The molecule has 0 unspecified atom stereocenters. The van der Waals surface area contributed by atoms with Gasteiger partial charge in [0.2, 0.25) is 0 Å². The van der Waals surface area contributed by atoms with Crippen molar-refractivity contribution in [2.75, 3.05) is 0 Å². The summed E-state index contributed by atoms with van der Waals surface area (Å²) in [6.45, 7) is 0. The predicted octanol–water partition coefficient (Wildman–Crippen LogP) is 2.86. The first kappa shape index (κ1) is 12.2. The van der Waals surface area contributed by atoms with Crippen LogP contribution in [0.4, 0.5) is 0 Å². The highest BCUT2D eigenvalue weighted by Crippen LogP contribution is 2.39. The van der Waals surface area contributed by atoms with Gasteiger partial charge in [-0.15, -0.1) is 10.2 Å². The molecule has 0 aliphatic heterocycles. The Bertz CT molecular complexity index is 620. The topological polar surface area (TPSA) is 54.5 Å². The van der Waals surface area contributed by atoms with Crippen LogP contribution >= 0.6 is 11.8 Å². The summed E-state index contributed by atoms with van der Waals surface area (Å²) >= 11 is 1.69. The van der Waals surface area contributed by atoms with Crippen molar-refractivity contribution in [1.82, 2.24) is 14.8 Å². The van der Waals surface area contributed by atoms with E-state index >= 15 is 0 Å². The summed E-state index contributed by atoms with van der Waals surface area (Å²) in [6.07, 6.45) is 2.48. The molecule has 0 saturated heterocycles. The number of hydrogen-bond acceptors (Lipinski definition) is 4. The SMILES string of the molecule is Cn1c(SCc2ccc(C#N)cc2)nnc1C1CC1. The van der Waals surface area contributed by atoms with E-state index in [0.717, 1.165) is 16.7 Å². The molecule has 96 valence electrons. The van der Waals surface area contributed by atoms with Gasteiger partial charge in [0.1, 0.15) is 5.82 Å². The molecule has 5 heteroatoms. The summed E-state index contributed by atoms with van der Waals surface area (Å²) in [7, 11) is 2.04. The van der Waals surface area contributed by atoms with Crippen molar-refractivity contribution >= 4 is 11.8 Å². The van der Waals surface area contributed by atoms with Crippen molar-refractivity contribution in [3.63, 3.8) is 0 Å². The molecular weight excluding hydrogens is 256 g/mol. The van der Waals surface area contributed by atoms with Gasteiger partial charge in [-0.2, -0.15) is 5.26 Å². The van der Waals surface area contributed by atoms with Crippen molar-refractivity contribution in [2.45, 2.75) is 29.7 Å². The molecule has 1 fully saturated rings. The Hall–Kier alpha value is -1.80. The Morgan fingerprint density at radius 2 is 2.05 bits per heavy atom. The highest BCUT2D eigenvalue weighted by atomic mass is 32.2. The van der Waals surface area contributed by atoms with Crippen LogP contribution in [0.2, 0.25) is 0 Å². The van der Waals surface area contributed by atoms with Crippen LogP contribution in [0.25, 0.3) is 0 Å². The van der Waals surface area contributed by atoms with Crippen LogP contribution < -0.4 is 0 Å². The lowest BCUT2D eigenvalue weighted by atomic mass is 10.2. The summed E-state index contributed by atoms with van der Waals surface area (Å²) in [4.78, 5) is 0. The van der Waals surface area contributed by atoms with E-state index in [1.54, 1.807) is 11.8 Å². The minimum atomic E-state index is 0.627. The Kier molecular flexibility index (Phi) is 3.26. The molecule has 1 aromatic heterocycles. The monoisotopic (exact) mass is 270 g/mol. The lowest BCUT2D eigenvalue weighted by molar-refractivity contribution is 0.736. The molecule has 1 aromatic carbocycles. The quantitative estimate of drug-likeness (QED) is 0.802. The second-order valence-electron chi connectivity index (χ2n) is 4.77.